The van der Waals surface area contributed by atoms with Crippen LogP contribution >= 0.6 is 11.6 Å². The molecule has 158 valence electrons. The molecule has 4 rings (SSSR count). The van der Waals surface area contributed by atoms with E-state index >= 15 is 0 Å². The summed E-state index contributed by atoms with van der Waals surface area (Å²) in [7, 11) is 1.63. The first kappa shape index (κ1) is 20.7. The number of carbonyl (C=O) groups is 2. The summed E-state index contributed by atoms with van der Waals surface area (Å²) >= 11 is 6.30. The average Bonchev–Trinajstić information content (AvgIpc) is 3.10. The van der Waals surface area contributed by atoms with Gasteiger partial charge in [-0.1, -0.05) is 23.7 Å². The number of rotatable bonds is 4. The van der Waals surface area contributed by atoms with Crippen molar-refractivity contribution in [3.63, 3.8) is 0 Å². The van der Waals surface area contributed by atoms with E-state index in [9.17, 15) is 9.59 Å². The maximum absolute atomic E-state index is 13.0. The minimum absolute atomic E-state index is 0.0263. The summed E-state index contributed by atoms with van der Waals surface area (Å²) in [6, 6.07) is 9.62. The Bertz CT molecular complexity index is 996. The molecule has 2 amide bonds. The summed E-state index contributed by atoms with van der Waals surface area (Å²) < 4.78 is 5.34. The summed E-state index contributed by atoms with van der Waals surface area (Å²) in [6.07, 6.45) is 3.19. The van der Waals surface area contributed by atoms with Gasteiger partial charge in [0.15, 0.2) is 0 Å². The number of nitrogens with one attached hydrogen (secondary N) is 1. The molecule has 6 heteroatoms. The summed E-state index contributed by atoms with van der Waals surface area (Å²) in [5.41, 5.74) is 4.58. The van der Waals surface area contributed by atoms with E-state index in [1.165, 1.54) is 0 Å². The van der Waals surface area contributed by atoms with Crippen LogP contribution in [-0.2, 0) is 11.3 Å². The van der Waals surface area contributed by atoms with Crippen LogP contribution < -0.4 is 10.1 Å². The number of methoxy groups -OCH3 is 1. The van der Waals surface area contributed by atoms with Crippen molar-refractivity contribution in [3.05, 3.63) is 57.6 Å². The van der Waals surface area contributed by atoms with Crippen molar-refractivity contribution in [2.75, 3.05) is 12.4 Å². The van der Waals surface area contributed by atoms with Crippen LogP contribution in [0, 0.1) is 19.8 Å². The highest BCUT2D eigenvalue weighted by Gasteiger charge is 2.37. The van der Waals surface area contributed by atoms with E-state index in [1.54, 1.807) is 13.2 Å². The van der Waals surface area contributed by atoms with Crippen LogP contribution in [0.3, 0.4) is 0 Å². The number of nitrogens with zero attached hydrogens (tertiary/aromatic N) is 1. The van der Waals surface area contributed by atoms with Crippen LogP contribution in [-0.4, -0.2) is 29.9 Å². The normalized spacial score (nSPS) is 20.8. The van der Waals surface area contributed by atoms with Crippen molar-refractivity contribution >= 4 is 29.1 Å². The van der Waals surface area contributed by atoms with E-state index in [2.05, 4.69) is 5.32 Å². The van der Waals surface area contributed by atoms with Gasteiger partial charge in [0.2, 0.25) is 5.91 Å². The number of amides is 2. The molecular weight excluding hydrogens is 400 g/mol. The van der Waals surface area contributed by atoms with Crippen LogP contribution in [0.4, 0.5) is 5.69 Å². The molecular formula is C24H27ClN2O3. The molecule has 1 saturated carbocycles. The largest absolute Gasteiger partial charge is 0.496 e. The first-order chi connectivity index (χ1) is 14.4. The molecule has 1 fully saturated rings. The Kier molecular flexibility index (Phi) is 5.74. The van der Waals surface area contributed by atoms with Gasteiger partial charge in [0, 0.05) is 30.3 Å². The summed E-state index contributed by atoms with van der Waals surface area (Å²) in [5.74, 6) is 0.782. The summed E-state index contributed by atoms with van der Waals surface area (Å²) in [4.78, 5) is 27.7. The number of ether oxygens (including phenoxy) is 1. The van der Waals surface area contributed by atoms with Gasteiger partial charge in [0.1, 0.15) is 5.75 Å². The third-order valence-electron chi connectivity index (χ3n) is 6.48. The van der Waals surface area contributed by atoms with E-state index in [0.29, 0.717) is 17.1 Å². The van der Waals surface area contributed by atoms with Crippen molar-refractivity contribution in [1.29, 1.82) is 0 Å². The second-order valence-electron chi connectivity index (χ2n) is 8.33. The fourth-order valence-corrected chi connectivity index (χ4v) is 4.89. The van der Waals surface area contributed by atoms with Crippen molar-refractivity contribution in [1.82, 2.24) is 4.90 Å². The molecule has 1 heterocycles. The molecule has 1 aliphatic heterocycles. The number of hydrogen-bond donors (Lipinski definition) is 1. The second-order valence-corrected chi connectivity index (χ2v) is 8.74. The number of halogens is 1. The molecule has 1 aliphatic carbocycles. The van der Waals surface area contributed by atoms with Gasteiger partial charge >= 0.3 is 0 Å². The zero-order chi connectivity index (χ0) is 21.4. The highest BCUT2D eigenvalue weighted by molar-refractivity contribution is 6.34. The van der Waals surface area contributed by atoms with Gasteiger partial charge < -0.3 is 15.0 Å². The third-order valence-corrected chi connectivity index (χ3v) is 6.80. The number of benzene rings is 2. The number of aryl methyl sites for hydroxylation is 2. The van der Waals surface area contributed by atoms with Gasteiger partial charge in [0.05, 0.1) is 17.7 Å². The topological polar surface area (TPSA) is 58.6 Å². The number of fused-ring (bicyclic) bond motifs is 1. The van der Waals surface area contributed by atoms with E-state index in [0.717, 1.165) is 53.8 Å². The van der Waals surface area contributed by atoms with Crippen LogP contribution in [0.2, 0.25) is 5.02 Å². The molecule has 1 N–H and O–H groups in total. The smallest absolute Gasteiger partial charge is 0.256 e. The van der Waals surface area contributed by atoms with Gasteiger partial charge in [-0.05, 0) is 68.4 Å². The van der Waals surface area contributed by atoms with Gasteiger partial charge in [0.25, 0.3) is 5.91 Å². The SMILES string of the molecule is COc1cc(NC(=O)C2CCC(N3Cc4c(C)ccc(Cl)c4C3=O)CC2)ccc1C. The van der Waals surface area contributed by atoms with Gasteiger partial charge in [-0.15, -0.1) is 0 Å². The monoisotopic (exact) mass is 426 g/mol. The molecule has 0 aromatic heterocycles. The van der Waals surface area contributed by atoms with Gasteiger partial charge in [-0.3, -0.25) is 9.59 Å². The first-order valence-corrected chi connectivity index (χ1v) is 10.8. The molecule has 2 aromatic carbocycles. The molecule has 30 heavy (non-hydrogen) atoms. The molecule has 5 nitrogen and oxygen atoms in total. The van der Waals surface area contributed by atoms with E-state index in [1.807, 2.05) is 43.0 Å². The zero-order valence-corrected chi connectivity index (χ0v) is 18.4. The summed E-state index contributed by atoms with van der Waals surface area (Å²) in [6.45, 7) is 4.61. The summed E-state index contributed by atoms with van der Waals surface area (Å²) in [5, 5.41) is 3.55. The van der Waals surface area contributed by atoms with E-state index < -0.39 is 0 Å². The van der Waals surface area contributed by atoms with Crippen LogP contribution in [0.1, 0.15) is 52.7 Å². The first-order valence-electron chi connectivity index (χ1n) is 10.4. The Balaban J connectivity index is 1.37. The maximum Gasteiger partial charge on any atom is 0.256 e. The van der Waals surface area contributed by atoms with Crippen LogP contribution in [0.25, 0.3) is 0 Å². The standard InChI is InChI=1S/C24H27ClN2O3/c1-14-5-11-20(25)22-19(14)13-27(24(22)29)18-9-6-16(7-10-18)23(28)26-17-8-4-15(2)21(12-17)30-3/h4-5,8,11-12,16,18H,6-7,9-10,13H2,1-3H3,(H,26,28). The highest BCUT2D eigenvalue weighted by Crippen LogP contribution is 2.37. The van der Waals surface area contributed by atoms with Crippen molar-refractivity contribution in [2.24, 2.45) is 5.92 Å². The van der Waals surface area contributed by atoms with Crippen molar-refractivity contribution in [3.8, 4) is 5.75 Å². The molecule has 2 aromatic rings. The molecule has 0 unspecified atom stereocenters. The Hall–Kier alpha value is -2.53. The lowest BCUT2D eigenvalue weighted by molar-refractivity contribution is -0.121. The minimum atomic E-state index is -0.0426. The second kappa shape index (κ2) is 8.31. The van der Waals surface area contributed by atoms with Crippen LogP contribution in [0.5, 0.6) is 5.75 Å². The fraction of sp³-hybridized carbons (Fsp3) is 0.417. The number of carbonyl (C=O) groups excluding carboxylic acids is 2. The average molecular weight is 427 g/mol. The van der Waals surface area contributed by atoms with Gasteiger partial charge in [-0.2, -0.15) is 0 Å². The maximum atomic E-state index is 13.0. The quantitative estimate of drug-likeness (QED) is 0.738. The van der Waals surface area contributed by atoms with Crippen molar-refractivity contribution in [2.45, 2.75) is 52.1 Å². The highest BCUT2D eigenvalue weighted by atomic mass is 35.5. The lowest BCUT2D eigenvalue weighted by atomic mass is 9.84. The number of hydrogen-bond acceptors (Lipinski definition) is 3. The predicted octanol–water partition coefficient (Wildman–Crippen LogP) is 5.12. The molecule has 0 atom stereocenters. The molecule has 0 saturated heterocycles. The van der Waals surface area contributed by atoms with Crippen molar-refractivity contribution < 1.29 is 14.3 Å². The van der Waals surface area contributed by atoms with Crippen LogP contribution in [0.15, 0.2) is 30.3 Å². The lowest BCUT2D eigenvalue weighted by Crippen LogP contribution is -2.40. The number of anilines is 1. The zero-order valence-electron chi connectivity index (χ0n) is 17.6. The minimum Gasteiger partial charge on any atom is -0.496 e. The molecule has 2 aliphatic rings. The molecule has 0 radical (unpaired) electrons. The molecule has 0 bridgehead atoms. The van der Waals surface area contributed by atoms with E-state index in [-0.39, 0.29) is 23.8 Å². The van der Waals surface area contributed by atoms with E-state index in [4.69, 9.17) is 16.3 Å². The molecule has 0 spiro atoms. The Morgan fingerprint density at radius 3 is 2.47 bits per heavy atom. The Labute approximate surface area is 182 Å². The van der Waals surface area contributed by atoms with Gasteiger partial charge in [-0.25, -0.2) is 0 Å². The Morgan fingerprint density at radius 2 is 1.80 bits per heavy atom. The fourth-order valence-electron chi connectivity index (χ4n) is 4.63. The Morgan fingerprint density at radius 1 is 1.10 bits per heavy atom. The third kappa shape index (κ3) is 3.79. The predicted molar refractivity (Wildman–Crippen MR) is 118 cm³/mol. The lowest BCUT2D eigenvalue weighted by Gasteiger charge is -2.34.